The predicted molar refractivity (Wildman–Crippen MR) is 73.6 cm³/mol. The minimum atomic E-state index is -0.640. The van der Waals surface area contributed by atoms with Crippen molar-refractivity contribution in [2.45, 2.75) is 19.9 Å². The largest absolute Gasteiger partial charge is 0.507 e. The monoisotopic (exact) mass is 275 g/mol. The Morgan fingerprint density at radius 3 is 2.70 bits per heavy atom. The molecule has 1 aromatic heterocycles. The molecule has 3 N–H and O–H groups in total. The first-order valence-electron chi connectivity index (χ1n) is 6.29. The van der Waals surface area contributed by atoms with Crippen molar-refractivity contribution >= 4 is 5.91 Å². The van der Waals surface area contributed by atoms with Crippen LogP contribution >= 0.6 is 0 Å². The van der Waals surface area contributed by atoms with Gasteiger partial charge in [-0.2, -0.15) is 0 Å². The van der Waals surface area contributed by atoms with E-state index in [0.717, 1.165) is 5.56 Å². The van der Waals surface area contributed by atoms with Gasteiger partial charge in [0.1, 0.15) is 17.6 Å². The quantitative estimate of drug-likeness (QED) is 0.797. The number of aliphatic hydroxyl groups excluding tert-OH is 1. The smallest absolute Gasteiger partial charge is 0.255 e. The molecular weight excluding hydrogens is 258 g/mol. The molecule has 0 spiro atoms. The molecule has 1 atom stereocenters. The number of carbonyl (C=O) groups excluding carboxylic acids is 1. The maximum absolute atomic E-state index is 12.2. The highest BCUT2D eigenvalue weighted by Crippen LogP contribution is 2.25. The van der Waals surface area contributed by atoms with E-state index in [0.29, 0.717) is 11.3 Å². The molecule has 1 unspecified atom stereocenters. The number of phenolic OH excluding ortho intramolecular Hbond substituents is 1. The lowest BCUT2D eigenvalue weighted by Gasteiger charge is -2.15. The number of furan rings is 1. The molecule has 0 radical (unpaired) electrons. The van der Waals surface area contributed by atoms with Crippen LogP contribution in [0, 0.1) is 13.8 Å². The Bertz CT molecular complexity index is 605. The summed E-state index contributed by atoms with van der Waals surface area (Å²) in [4.78, 5) is 12.2. The van der Waals surface area contributed by atoms with E-state index in [1.54, 1.807) is 31.2 Å². The zero-order chi connectivity index (χ0) is 14.7. The van der Waals surface area contributed by atoms with E-state index in [2.05, 4.69) is 5.32 Å². The fourth-order valence-corrected chi connectivity index (χ4v) is 1.92. The number of nitrogens with one attached hydrogen (secondary N) is 1. The van der Waals surface area contributed by atoms with Gasteiger partial charge in [0, 0.05) is 0 Å². The second-order valence-electron chi connectivity index (χ2n) is 4.63. The molecular formula is C15H17NO4. The van der Waals surface area contributed by atoms with Crippen molar-refractivity contribution in [2.75, 3.05) is 6.61 Å². The van der Waals surface area contributed by atoms with Gasteiger partial charge in [-0.25, -0.2) is 0 Å². The van der Waals surface area contributed by atoms with E-state index in [4.69, 9.17) is 4.42 Å². The summed E-state index contributed by atoms with van der Waals surface area (Å²) in [5.74, 6) is -0.0381. The van der Waals surface area contributed by atoms with E-state index in [-0.39, 0.29) is 17.9 Å². The molecule has 0 saturated carbocycles. The Balaban J connectivity index is 2.22. The minimum absolute atomic E-state index is 0.0429. The van der Waals surface area contributed by atoms with Gasteiger partial charge in [0.15, 0.2) is 0 Å². The number of phenols is 1. The number of aliphatic hydroxyl groups is 1. The van der Waals surface area contributed by atoms with Gasteiger partial charge in [-0.15, -0.1) is 0 Å². The van der Waals surface area contributed by atoms with E-state index in [1.165, 1.54) is 6.26 Å². The first kappa shape index (κ1) is 14.1. The topological polar surface area (TPSA) is 82.7 Å². The first-order chi connectivity index (χ1) is 9.54. The van der Waals surface area contributed by atoms with Gasteiger partial charge in [-0.3, -0.25) is 4.79 Å². The lowest BCUT2D eigenvalue weighted by molar-refractivity contribution is 0.0904. The Morgan fingerprint density at radius 1 is 1.35 bits per heavy atom. The zero-order valence-corrected chi connectivity index (χ0v) is 11.4. The van der Waals surface area contributed by atoms with Crippen LogP contribution in [0.15, 0.2) is 34.9 Å². The lowest BCUT2D eigenvalue weighted by Crippen LogP contribution is -2.30. The summed E-state index contributed by atoms with van der Waals surface area (Å²) in [5, 5.41) is 22.0. The van der Waals surface area contributed by atoms with Gasteiger partial charge in [-0.05, 0) is 43.2 Å². The molecule has 0 saturated heterocycles. The molecule has 0 fully saturated rings. The van der Waals surface area contributed by atoms with Crippen LogP contribution in [0.1, 0.15) is 33.3 Å². The Morgan fingerprint density at radius 2 is 2.10 bits per heavy atom. The number of hydrogen-bond acceptors (Lipinski definition) is 4. The normalized spacial score (nSPS) is 12.2. The fraction of sp³-hybridized carbons (Fsp3) is 0.267. The maximum Gasteiger partial charge on any atom is 0.255 e. The molecule has 2 aromatic rings. The highest BCUT2D eigenvalue weighted by molar-refractivity contribution is 5.97. The molecule has 1 heterocycles. The van der Waals surface area contributed by atoms with Gasteiger partial charge in [0.2, 0.25) is 0 Å². The van der Waals surface area contributed by atoms with Crippen LogP contribution in [-0.2, 0) is 0 Å². The highest BCUT2D eigenvalue weighted by Gasteiger charge is 2.20. The van der Waals surface area contributed by atoms with E-state index in [1.807, 2.05) is 6.92 Å². The third-order valence-electron chi connectivity index (χ3n) is 3.32. The van der Waals surface area contributed by atoms with E-state index >= 15 is 0 Å². The molecule has 0 aliphatic carbocycles. The summed E-state index contributed by atoms with van der Waals surface area (Å²) in [6.07, 6.45) is 1.47. The molecule has 0 bridgehead atoms. The van der Waals surface area contributed by atoms with Crippen molar-refractivity contribution < 1.29 is 19.4 Å². The van der Waals surface area contributed by atoms with Gasteiger partial charge < -0.3 is 19.9 Å². The summed E-state index contributed by atoms with van der Waals surface area (Å²) < 4.78 is 5.16. The molecule has 106 valence electrons. The number of aryl methyl sites for hydroxylation is 1. The van der Waals surface area contributed by atoms with Crippen molar-refractivity contribution in [3.05, 3.63) is 53.0 Å². The van der Waals surface area contributed by atoms with Crippen LogP contribution in [0.4, 0.5) is 0 Å². The summed E-state index contributed by atoms with van der Waals surface area (Å²) >= 11 is 0. The molecule has 1 aromatic carbocycles. The van der Waals surface area contributed by atoms with Crippen molar-refractivity contribution in [1.29, 1.82) is 0 Å². The van der Waals surface area contributed by atoms with Crippen LogP contribution in [0.3, 0.4) is 0 Å². The summed E-state index contributed by atoms with van der Waals surface area (Å²) in [6, 6.07) is 6.03. The van der Waals surface area contributed by atoms with Crippen LogP contribution in [0.2, 0.25) is 0 Å². The SMILES string of the molecule is Cc1ccc(C(=O)NC(CO)c2ccco2)c(O)c1C. The summed E-state index contributed by atoms with van der Waals surface area (Å²) in [6.45, 7) is 3.32. The minimum Gasteiger partial charge on any atom is -0.507 e. The fourth-order valence-electron chi connectivity index (χ4n) is 1.92. The molecule has 0 aliphatic rings. The van der Waals surface area contributed by atoms with E-state index in [9.17, 15) is 15.0 Å². The van der Waals surface area contributed by atoms with Crippen LogP contribution in [0.5, 0.6) is 5.75 Å². The van der Waals surface area contributed by atoms with Crippen LogP contribution in [-0.4, -0.2) is 22.7 Å². The molecule has 1 amide bonds. The number of carbonyl (C=O) groups is 1. The molecule has 20 heavy (non-hydrogen) atoms. The Hall–Kier alpha value is -2.27. The van der Waals surface area contributed by atoms with Crippen molar-refractivity contribution in [3.63, 3.8) is 0 Å². The maximum atomic E-state index is 12.2. The highest BCUT2D eigenvalue weighted by atomic mass is 16.3. The Kier molecular flexibility index (Phi) is 4.10. The van der Waals surface area contributed by atoms with Crippen LogP contribution < -0.4 is 5.32 Å². The number of rotatable bonds is 4. The molecule has 5 heteroatoms. The van der Waals surface area contributed by atoms with Gasteiger partial charge in [0.25, 0.3) is 5.91 Å². The Labute approximate surface area is 116 Å². The number of aromatic hydroxyl groups is 1. The second kappa shape index (κ2) is 5.79. The molecule has 5 nitrogen and oxygen atoms in total. The zero-order valence-electron chi connectivity index (χ0n) is 11.4. The summed E-state index contributed by atoms with van der Waals surface area (Å²) in [7, 11) is 0. The standard InChI is InChI=1S/C15H17NO4/c1-9-5-6-11(14(18)10(9)2)15(19)16-12(8-17)13-4-3-7-20-13/h3-7,12,17-18H,8H2,1-2H3,(H,16,19). The van der Waals surface area contributed by atoms with Gasteiger partial charge in [0.05, 0.1) is 18.4 Å². The van der Waals surface area contributed by atoms with Crippen molar-refractivity contribution in [2.24, 2.45) is 0 Å². The molecule has 0 aliphatic heterocycles. The predicted octanol–water partition coefficient (Wildman–Crippen LogP) is 2.07. The number of hydrogen-bond donors (Lipinski definition) is 3. The number of amides is 1. The van der Waals surface area contributed by atoms with Crippen LogP contribution in [0.25, 0.3) is 0 Å². The van der Waals surface area contributed by atoms with Gasteiger partial charge >= 0.3 is 0 Å². The second-order valence-corrected chi connectivity index (χ2v) is 4.63. The third kappa shape index (κ3) is 2.67. The first-order valence-corrected chi connectivity index (χ1v) is 6.29. The number of benzene rings is 1. The van der Waals surface area contributed by atoms with Gasteiger partial charge in [-0.1, -0.05) is 6.07 Å². The lowest BCUT2D eigenvalue weighted by atomic mass is 10.0. The van der Waals surface area contributed by atoms with Crippen molar-refractivity contribution in [3.8, 4) is 5.75 Å². The summed E-state index contributed by atoms with van der Waals surface area (Å²) in [5.41, 5.74) is 1.75. The average Bonchev–Trinajstić information content (AvgIpc) is 2.96. The van der Waals surface area contributed by atoms with Crippen molar-refractivity contribution in [1.82, 2.24) is 5.32 Å². The van der Waals surface area contributed by atoms with E-state index < -0.39 is 11.9 Å². The average molecular weight is 275 g/mol. The third-order valence-corrected chi connectivity index (χ3v) is 3.32. The molecule has 2 rings (SSSR count).